The summed E-state index contributed by atoms with van der Waals surface area (Å²) in [6, 6.07) is 0. The van der Waals surface area contributed by atoms with Crippen LogP contribution in [-0.2, 0) is 4.74 Å². The second-order valence-corrected chi connectivity index (χ2v) is 6.42. The average Bonchev–Trinajstić information content (AvgIpc) is 2.34. The lowest BCUT2D eigenvalue weighted by Crippen LogP contribution is -2.31. The molecule has 2 aliphatic rings. The maximum Gasteiger partial charge on any atom is 0.0723 e. The number of aliphatic hydroxyl groups excluding tert-OH is 1. The maximum absolute atomic E-state index is 9.72. The van der Waals surface area contributed by atoms with E-state index in [0.29, 0.717) is 5.92 Å². The Morgan fingerprint density at radius 3 is 2.50 bits per heavy atom. The van der Waals surface area contributed by atoms with Gasteiger partial charge < -0.3 is 9.84 Å². The Kier molecular flexibility index (Phi) is 2.92. The molecule has 0 saturated carbocycles. The Morgan fingerprint density at radius 1 is 1.31 bits per heavy atom. The van der Waals surface area contributed by atoms with Crippen molar-refractivity contribution in [3.8, 4) is 0 Å². The molecule has 2 unspecified atom stereocenters. The first-order chi connectivity index (χ1) is 7.30. The van der Waals surface area contributed by atoms with Crippen molar-refractivity contribution in [1.82, 2.24) is 0 Å². The minimum atomic E-state index is -0.233. The lowest BCUT2D eigenvalue weighted by Gasteiger charge is -2.31. The molecule has 1 heterocycles. The van der Waals surface area contributed by atoms with E-state index in [9.17, 15) is 5.11 Å². The summed E-state index contributed by atoms with van der Waals surface area (Å²) in [5.74, 6) is 0.470. The van der Waals surface area contributed by atoms with Crippen LogP contribution in [0.1, 0.15) is 53.4 Å². The van der Waals surface area contributed by atoms with E-state index in [4.69, 9.17) is 4.74 Å². The predicted molar refractivity (Wildman–Crippen MR) is 65.3 cm³/mol. The van der Waals surface area contributed by atoms with Crippen LogP contribution in [0, 0.1) is 5.92 Å². The van der Waals surface area contributed by atoms with Crippen LogP contribution in [0.4, 0.5) is 0 Å². The molecule has 1 saturated heterocycles. The topological polar surface area (TPSA) is 29.5 Å². The van der Waals surface area contributed by atoms with Crippen LogP contribution in [0.15, 0.2) is 11.6 Å². The van der Waals surface area contributed by atoms with Crippen molar-refractivity contribution in [2.75, 3.05) is 0 Å². The summed E-state index contributed by atoms with van der Waals surface area (Å²) in [6.45, 7) is 8.67. The molecule has 0 amide bonds. The van der Waals surface area contributed by atoms with Gasteiger partial charge in [0.25, 0.3) is 0 Å². The van der Waals surface area contributed by atoms with Gasteiger partial charge in [-0.1, -0.05) is 11.6 Å². The minimum absolute atomic E-state index is 0.0304. The first-order valence-corrected chi connectivity index (χ1v) is 6.39. The van der Waals surface area contributed by atoms with Crippen molar-refractivity contribution in [2.45, 2.75) is 70.7 Å². The van der Waals surface area contributed by atoms with Gasteiger partial charge in [0.1, 0.15) is 0 Å². The summed E-state index contributed by atoms with van der Waals surface area (Å²) >= 11 is 0. The standard InChI is InChI=1S/C14H24O2/c1-13(2)9-12(14(3,4)16-13)10-6-5-7-11(15)8-10/h8,11-12,15H,5-7,9H2,1-4H3. The highest BCUT2D eigenvalue weighted by Gasteiger charge is 2.47. The van der Waals surface area contributed by atoms with Gasteiger partial charge in [-0.05, 0) is 53.4 Å². The molecule has 1 N–H and O–H groups in total. The lowest BCUT2D eigenvalue weighted by molar-refractivity contribution is -0.0718. The van der Waals surface area contributed by atoms with E-state index in [1.54, 1.807) is 0 Å². The van der Waals surface area contributed by atoms with Crippen molar-refractivity contribution >= 4 is 0 Å². The molecule has 1 fully saturated rings. The fourth-order valence-corrected chi connectivity index (χ4v) is 3.36. The first kappa shape index (κ1) is 12.1. The van der Waals surface area contributed by atoms with Crippen LogP contribution in [0.3, 0.4) is 0 Å². The van der Waals surface area contributed by atoms with E-state index < -0.39 is 0 Å². The summed E-state index contributed by atoms with van der Waals surface area (Å²) in [5, 5.41) is 9.72. The second-order valence-electron chi connectivity index (χ2n) is 6.42. The molecule has 1 aliphatic carbocycles. The zero-order valence-electron chi connectivity index (χ0n) is 10.9. The van der Waals surface area contributed by atoms with Gasteiger partial charge in [0.05, 0.1) is 17.3 Å². The SMILES string of the molecule is CC1(C)CC(C2=CC(O)CCC2)C(C)(C)O1. The average molecular weight is 224 g/mol. The van der Waals surface area contributed by atoms with E-state index in [0.717, 1.165) is 25.7 Å². The minimum Gasteiger partial charge on any atom is -0.389 e. The van der Waals surface area contributed by atoms with E-state index in [-0.39, 0.29) is 17.3 Å². The monoisotopic (exact) mass is 224 g/mol. The Bertz CT molecular complexity index is 302. The highest BCUT2D eigenvalue weighted by Crippen LogP contribution is 2.47. The Labute approximate surface area is 98.7 Å². The molecular weight excluding hydrogens is 200 g/mol. The smallest absolute Gasteiger partial charge is 0.0723 e. The van der Waals surface area contributed by atoms with Crippen LogP contribution in [0.25, 0.3) is 0 Å². The summed E-state index contributed by atoms with van der Waals surface area (Å²) < 4.78 is 6.11. The lowest BCUT2D eigenvalue weighted by atomic mass is 9.77. The highest BCUT2D eigenvalue weighted by molar-refractivity contribution is 5.19. The quantitative estimate of drug-likeness (QED) is 0.694. The summed E-state index contributed by atoms with van der Waals surface area (Å²) in [5.41, 5.74) is 1.29. The normalized spacial score (nSPS) is 37.2. The van der Waals surface area contributed by atoms with Gasteiger partial charge in [-0.2, -0.15) is 0 Å². The van der Waals surface area contributed by atoms with Crippen molar-refractivity contribution in [3.05, 3.63) is 11.6 Å². The van der Waals surface area contributed by atoms with Gasteiger partial charge in [-0.15, -0.1) is 0 Å². The number of hydrogen-bond acceptors (Lipinski definition) is 2. The molecule has 2 rings (SSSR count). The number of rotatable bonds is 1. The van der Waals surface area contributed by atoms with Gasteiger partial charge in [-0.3, -0.25) is 0 Å². The van der Waals surface area contributed by atoms with Crippen molar-refractivity contribution in [2.24, 2.45) is 5.92 Å². The number of aliphatic hydroxyl groups is 1. The molecule has 1 aliphatic heterocycles. The van der Waals surface area contributed by atoms with Gasteiger partial charge in [0, 0.05) is 5.92 Å². The van der Waals surface area contributed by atoms with Crippen LogP contribution in [0.2, 0.25) is 0 Å². The zero-order valence-corrected chi connectivity index (χ0v) is 10.9. The fourth-order valence-electron chi connectivity index (χ4n) is 3.36. The van der Waals surface area contributed by atoms with Gasteiger partial charge in [0.2, 0.25) is 0 Å². The van der Waals surface area contributed by atoms with Crippen LogP contribution in [-0.4, -0.2) is 22.4 Å². The predicted octanol–water partition coefficient (Wildman–Crippen LogP) is 3.05. The van der Waals surface area contributed by atoms with E-state index in [2.05, 4.69) is 33.8 Å². The third kappa shape index (κ3) is 2.33. The van der Waals surface area contributed by atoms with E-state index >= 15 is 0 Å². The fraction of sp³-hybridized carbons (Fsp3) is 0.857. The highest BCUT2D eigenvalue weighted by atomic mass is 16.5. The molecule has 0 aromatic carbocycles. The summed E-state index contributed by atoms with van der Waals surface area (Å²) in [7, 11) is 0. The number of ether oxygens (including phenoxy) is 1. The number of hydrogen-bond donors (Lipinski definition) is 1. The van der Waals surface area contributed by atoms with Crippen molar-refractivity contribution in [1.29, 1.82) is 0 Å². The molecule has 0 aromatic rings. The van der Waals surface area contributed by atoms with Crippen LogP contribution >= 0.6 is 0 Å². The Balaban J connectivity index is 2.21. The van der Waals surface area contributed by atoms with Gasteiger partial charge in [-0.25, -0.2) is 0 Å². The molecule has 0 spiro atoms. The molecule has 2 heteroatoms. The molecule has 92 valence electrons. The first-order valence-electron chi connectivity index (χ1n) is 6.39. The Hall–Kier alpha value is -0.340. The van der Waals surface area contributed by atoms with Crippen LogP contribution < -0.4 is 0 Å². The molecule has 2 nitrogen and oxygen atoms in total. The molecule has 0 radical (unpaired) electrons. The largest absolute Gasteiger partial charge is 0.389 e. The van der Waals surface area contributed by atoms with E-state index in [1.807, 2.05) is 0 Å². The molecule has 2 atom stereocenters. The zero-order chi connectivity index (χ0) is 12.0. The second kappa shape index (κ2) is 3.85. The van der Waals surface area contributed by atoms with Gasteiger partial charge in [0.15, 0.2) is 0 Å². The maximum atomic E-state index is 9.72. The third-order valence-electron chi connectivity index (χ3n) is 3.89. The van der Waals surface area contributed by atoms with Crippen LogP contribution in [0.5, 0.6) is 0 Å². The van der Waals surface area contributed by atoms with Gasteiger partial charge >= 0.3 is 0 Å². The molecule has 16 heavy (non-hydrogen) atoms. The molecular formula is C14H24O2. The Morgan fingerprint density at radius 2 is 2.00 bits per heavy atom. The molecule has 0 bridgehead atoms. The summed E-state index contributed by atoms with van der Waals surface area (Å²) in [6.07, 6.45) is 6.06. The molecule has 0 aromatic heterocycles. The van der Waals surface area contributed by atoms with Crippen molar-refractivity contribution in [3.63, 3.8) is 0 Å². The third-order valence-corrected chi connectivity index (χ3v) is 3.89. The summed E-state index contributed by atoms with van der Waals surface area (Å²) in [4.78, 5) is 0. The van der Waals surface area contributed by atoms with E-state index in [1.165, 1.54) is 5.57 Å². The van der Waals surface area contributed by atoms with Crippen molar-refractivity contribution < 1.29 is 9.84 Å².